The van der Waals surface area contributed by atoms with Crippen LogP contribution >= 0.6 is 0 Å². The molecule has 0 saturated carbocycles. The largest absolute Gasteiger partial charge is 0.466 e. The van der Waals surface area contributed by atoms with Crippen molar-refractivity contribution < 1.29 is 23.1 Å². The molecule has 1 aliphatic rings. The molecule has 1 aliphatic heterocycles. The van der Waals surface area contributed by atoms with Crippen LogP contribution in [0.3, 0.4) is 0 Å². The van der Waals surface area contributed by atoms with E-state index in [1.165, 1.54) is 12.1 Å². The van der Waals surface area contributed by atoms with Gasteiger partial charge >= 0.3 is 5.97 Å². The molecule has 3 aromatic rings. The van der Waals surface area contributed by atoms with Gasteiger partial charge in [-0.05, 0) is 50.5 Å². The van der Waals surface area contributed by atoms with Crippen LogP contribution in [-0.4, -0.2) is 41.0 Å². The Hall–Kier alpha value is -3.48. The summed E-state index contributed by atoms with van der Waals surface area (Å²) in [5.41, 5.74) is 2.64. The summed E-state index contributed by atoms with van der Waals surface area (Å²) >= 11 is 0. The molecular weight excluding hydrogens is 426 g/mol. The van der Waals surface area contributed by atoms with Crippen molar-refractivity contribution in [3.05, 3.63) is 77.5 Å². The monoisotopic (exact) mass is 452 g/mol. The summed E-state index contributed by atoms with van der Waals surface area (Å²) in [6.45, 7) is 4.76. The molecule has 2 heterocycles. The lowest BCUT2D eigenvalue weighted by molar-refractivity contribution is -0.149. The van der Waals surface area contributed by atoms with Gasteiger partial charge in [-0.2, -0.15) is 0 Å². The third-order valence-electron chi connectivity index (χ3n) is 6.10. The first-order valence-electron chi connectivity index (χ1n) is 11.1. The van der Waals surface area contributed by atoms with Crippen molar-refractivity contribution in [1.82, 2.24) is 9.47 Å². The van der Waals surface area contributed by atoms with E-state index in [4.69, 9.17) is 4.74 Å². The maximum atomic E-state index is 14.8. The Morgan fingerprint density at radius 3 is 2.36 bits per heavy atom. The minimum Gasteiger partial charge on any atom is -0.466 e. The number of benzene rings is 2. The summed E-state index contributed by atoms with van der Waals surface area (Å²) in [4.78, 5) is 27.2. The Bertz CT molecular complexity index is 1170. The number of carbonyl (C=O) groups is 2. The minimum atomic E-state index is -0.708. The van der Waals surface area contributed by atoms with E-state index < -0.39 is 11.6 Å². The van der Waals surface area contributed by atoms with Crippen LogP contribution in [0.15, 0.2) is 54.6 Å². The molecule has 0 N–H and O–H groups in total. The van der Waals surface area contributed by atoms with Crippen molar-refractivity contribution in [2.24, 2.45) is 5.92 Å². The summed E-state index contributed by atoms with van der Waals surface area (Å²) in [5, 5.41) is 0. The molecule has 33 heavy (non-hydrogen) atoms. The van der Waals surface area contributed by atoms with E-state index in [9.17, 15) is 18.4 Å². The number of likely N-dealkylation sites (tertiary alicyclic amines) is 1. The standard InChI is InChI=1S/C26H26F2N2O3/c1-3-33-26(32)19-11-13-29(14-12-19)25(31)21-16-24(18-7-5-4-6-8-18)30(17(21)2)23-10-9-20(27)15-22(23)28/h4-10,15-16,19H,3,11-14H2,1-2H3. The van der Waals surface area contributed by atoms with Crippen molar-refractivity contribution in [2.75, 3.05) is 19.7 Å². The zero-order chi connectivity index (χ0) is 23.5. The van der Waals surface area contributed by atoms with E-state index >= 15 is 0 Å². The summed E-state index contributed by atoms with van der Waals surface area (Å²) in [5.74, 6) is -1.96. The molecule has 0 spiro atoms. The molecule has 0 bridgehead atoms. The van der Waals surface area contributed by atoms with Gasteiger partial charge in [-0.1, -0.05) is 30.3 Å². The highest BCUT2D eigenvalue weighted by Gasteiger charge is 2.31. The maximum absolute atomic E-state index is 14.8. The van der Waals surface area contributed by atoms with Crippen LogP contribution in [0, 0.1) is 24.5 Å². The molecule has 7 heteroatoms. The van der Waals surface area contributed by atoms with E-state index in [1.54, 1.807) is 29.4 Å². The Morgan fingerprint density at radius 2 is 1.73 bits per heavy atom. The van der Waals surface area contributed by atoms with Gasteiger partial charge in [-0.15, -0.1) is 0 Å². The number of halogens is 2. The molecule has 1 aromatic heterocycles. The highest BCUT2D eigenvalue weighted by molar-refractivity contribution is 5.97. The highest BCUT2D eigenvalue weighted by Crippen LogP contribution is 2.32. The molecule has 5 nitrogen and oxygen atoms in total. The van der Waals surface area contributed by atoms with E-state index in [2.05, 4.69) is 0 Å². The van der Waals surface area contributed by atoms with Gasteiger partial charge in [0.1, 0.15) is 11.6 Å². The van der Waals surface area contributed by atoms with E-state index in [-0.39, 0.29) is 23.5 Å². The van der Waals surface area contributed by atoms with Gasteiger partial charge in [0.25, 0.3) is 5.91 Å². The maximum Gasteiger partial charge on any atom is 0.309 e. The number of amides is 1. The summed E-state index contributed by atoms with van der Waals surface area (Å²) in [7, 11) is 0. The average Bonchev–Trinajstić information content (AvgIpc) is 3.16. The van der Waals surface area contributed by atoms with Gasteiger partial charge in [-0.25, -0.2) is 8.78 Å². The smallest absolute Gasteiger partial charge is 0.309 e. The fourth-order valence-corrected chi connectivity index (χ4v) is 4.37. The van der Waals surface area contributed by atoms with Crippen LogP contribution < -0.4 is 0 Å². The quantitative estimate of drug-likeness (QED) is 0.504. The lowest BCUT2D eigenvalue weighted by Gasteiger charge is -2.31. The number of rotatable bonds is 5. The molecule has 0 atom stereocenters. The molecule has 1 saturated heterocycles. The average molecular weight is 453 g/mol. The van der Waals surface area contributed by atoms with Crippen LogP contribution in [0.2, 0.25) is 0 Å². The number of hydrogen-bond donors (Lipinski definition) is 0. The summed E-state index contributed by atoms with van der Waals surface area (Å²) < 4.78 is 35.1. The number of esters is 1. The second kappa shape index (κ2) is 9.57. The topological polar surface area (TPSA) is 51.5 Å². The lowest BCUT2D eigenvalue weighted by atomic mass is 9.96. The molecule has 4 rings (SSSR count). The van der Waals surface area contributed by atoms with Gasteiger partial charge < -0.3 is 14.2 Å². The van der Waals surface area contributed by atoms with Crippen molar-refractivity contribution in [1.29, 1.82) is 0 Å². The molecule has 0 aliphatic carbocycles. The first-order chi connectivity index (χ1) is 15.9. The van der Waals surface area contributed by atoms with Gasteiger partial charge in [0.2, 0.25) is 0 Å². The van der Waals surface area contributed by atoms with Crippen LogP contribution in [0.5, 0.6) is 0 Å². The second-order valence-electron chi connectivity index (χ2n) is 8.14. The van der Waals surface area contributed by atoms with Crippen molar-refractivity contribution >= 4 is 11.9 Å². The number of ether oxygens (including phenoxy) is 1. The lowest BCUT2D eigenvalue weighted by Crippen LogP contribution is -2.40. The fraction of sp³-hybridized carbons (Fsp3) is 0.308. The van der Waals surface area contributed by atoms with Crippen LogP contribution in [0.4, 0.5) is 8.78 Å². The predicted molar refractivity (Wildman–Crippen MR) is 121 cm³/mol. The first-order valence-corrected chi connectivity index (χ1v) is 11.1. The molecule has 1 fully saturated rings. The molecule has 1 amide bonds. The number of aromatic nitrogens is 1. The fourth-order valence-electron chi connectivity index (χ4n) is 4.37. The Labute approximate surface area is 191 Å². The Morgan fingerprint density at radius 1 is 1.03 bits per heavy atom. The summed E-state index contributed by atoms with van der Waals surface area (Å²) in [6, 6.07) is 14.5. The number of hydrogen-bond acceptors (Lipinski definition) is 3. The number of carbonyl (C=O) groups excluding carboxylic acids is 2. The second-order valence-corrected chi connectivity index (χ2v) is 8.14. The Balaban J connectivity index is 1.69. The first kappa shape index (κ1) is 22.7. The van der Waals surface area contributed by atoms with Crippen LogP contribution in [0.25, 0.3) is 16.9 Å². The third kappa shape index (κ3) is 4.53. The van der Waals surface area contributed by atoms with Gasteiger partial charge in [-0.3, -0.25) is 9.59 Å². The molecular formula is C26H26F2N2O3. The van der Waals surface area contributed by atoms with Crippen molar-refractivity contribution in [2.45, 2.75) is 26.7 Å². The van der Waals surface area contributed by atoms with E-state index in [1.807, 2.05) is 30.3 Å². The predicted octanol–water partition coefficient (Wildman–Crippen LogP) is 5.15. The number of nitrogens with zero attached hydrogens (tertiary/aromatic N) is 2. The SMILES string of the molecule is CCOC(=O)C1CCN(C(=O)c2cc(-c3ccccc3)n(-c3ccc(F)cc3F)c2C)CC1. The zero-order valence-corrected chi connectivity index (χ0v) is 18.7. The zero-order valence-electron chi connectivity index (χ0n) is 18.7. The molecule has 0 unspecified atom stereocenters. The van der Waals surface area contributed by atoms with Crippen molar-refractivity contribution in [3.8, 4) is 16.9 Å². The minimum absolute atomic E-state index is 0.173. The molecule has 2 aromatic carbocycles. The summed E-state index contributed by atoms with van der Waals surface area (Å²) in [6.07, 6.45) is 1.09. The van der Waals surface area contributed by atoms with E-state index in [0.717, 1.165) is 11.6 Å². The van der Waals surface area contributed by atoms with Gasteiger partial charge in [0, 0.05) is 24.8 Å². The van der Waals surface area contributed by atoms with Gasteiger partial charge in [0.05, 0.1) is 29.5 Å². The van der Waals surface area contributed by atoms with Gasteiger partial charge in [0.15, 0.2) is 0 Å². The highest BCUT2D eigenvalue weighted by atomic mass is 19.1. The molecule has 172 valence electrons. The van der Waals surface area contributed by atoms with Crippen LogP contribution in [-0.2, 0) is 9.53 Å². The Kier molecular flexibility index (Phi) is 6.58. The number of piperidine rings is 1. The van der Waals surface area contributed by atoms with Crippen molar-refractivity contribution in [3.63, 3.8) is 0 Å². The third-order valence-corrected chi connectivity index (χ3v) is 6.10. The molecule has 0 radical (unpaired) electrons. The van der Waals surface area contributed by atoms with E-state index in [0.29, 0.717) is 49.5 Å². The normalized spacial score (nSPS) is 14.4. The van der Waals surface area contributed by atoms with Crippen LogP contribution in [0.1, 0.15) is 35.8 Å².